The summed E-state index contributed by atoms with van der Waals surface area (Å²) < 4.78 is 32.4. The van der Waals surface area contributed by atoms with E-state index in [1.807, 2.05) is 30.3 Å². The number of nitrogens with zero attached hydrogens (tertiary/aromatic N) is 2. The molecule has 0 unspecified atom stereocenters. The van der Waals surface area contributed by atoms with E-state index in [9.17, 15) is 13.5 Å². The van der Waals surface area contributed by atoms with Crippen molar-refractivity contribution in [2.24, 2.45) is 4.40 Å². The van der Waals surface area contributed by atoms with Crippen LogP contribution in [0.5, 0.6) is 0 Å². The van der Waals surface area contributed by atoms with Crippen LogP contribution in [0.3, 0.4) is 0 Å². The fourth-order valence-corrected chi connectivity index (χ4v) is 3.44. The predicted octanol–water partition coefficient (Wildman–Crippen LogP) is -0.212. The maximum atomic E-state index is 12.0. The largest absolute Gasteiger partial charge is 1.00 e. The van der Waals surface area contributed by atoms with Gasteiger partial charge in [0.05, 0.1) is 10.5 Å². The molecule has 0 saturated carbocycles. The summed E-state index contributed by atoms with van der Waals surface area (Å²) in [5, 5.41) is 15.1. The Morgan fingerprint density at radius 3 is 2.23 bits per heavy atom. The Kier molecular flexibility index (Phi) is 6.41. The predicted molar refractivity (Wildman–Crippen MR) is 92.4 cm³/mol. The Morgan fingerprint density at radius 1 is 1.04 bits per heavy atom. The zero-order valence-electron chi connectivity index (χ0n) is 14.6. The van der Waals surface area contributed by atoms with Crippen molar-refractivity contribution in [2.45, 2.75) is 18.7 Å². The van der Waals surface area contributed by atoms with Gasteiger partial charge in [-0.2, -0.15) is 12.8 Å². The van der Waals surface area contributed by atoms with Crippen molar-refractivity contribution < 1.29 is 47.6 Å². The Labute approximate surface area is 173 Å². The van der Waals surface area contributed by atoms with E-state index in [1.165, 1.54) is 12.1 Å². The molecule has 1 heterocycles. The number of aromatic nitrogens is 1. The van der Waals surface area contributed by atoms with E-state index < -0.39 is 15.9 Å². The number of hydrogen-bond acceptors (Lipinski definition) is 5. The van der Waals surface area contributed by atoms with Gasteiger partial charge < -0.3 is 9.63 Å². The molecule has 0 bridgehead atoms. The molecule has 6 nitrogen and oxygen atoms in total. The number of benzene rings is 2. The van der Waals surface area contributed by atoms with Crippen LogP contribution in [0.2, 0.25) is 0 Å². The molecular weight excluding hydrogens is 363 g/mol. The van der Waals surface area contributed by atoms with Crippen molar-refractivity contribution in [1.82, 2.24) is 5.16 Å². The van der Waals surface area contributed by atoms with Crippen LogP contribution >= 0.6 is 0 Å². The van der Waals surface area contributed by atoms with E-state index in [0.29, 0.717) is 11.5 Å². The van der Waals surface area contributed by atoms with E-state index in [-0.39, 0.29) is 34.5 Å². The van der Waals surface area contributed by atoms with Crippen LogP contribution in [0.15, 0.2) is 68.4 Å². The summed E-state index contributed by atoms with van der Waals surface area (Å²) in [6, 6.07) is 15.7. The molecule has 0 N–H and O–H groups in total. The maximum absolute atomic E-state index is 12.0. The summed E-state index contributed by atoms with van der Waals surface area (Å²) in [6.07, 6.45) is 0. The molecule has 3 rings (SSSR count). The normalized spacial score (nSPS) is 11.8. The van der Waals surface area contributed by atoms with E-state index >= 15 is 0 Å². The summed E-state index contributed by atoms with van der Waals surface area (Å²) in [5.74, 6) is -0.131. The van der Waals surface area contributed by atoms with Crippen LogP contribution < -0.4 is 34.7 Å². The Hall–Kier alpha value is -1.93. The van der Waals surface area contributed by atoms with Crippen molar-refractivity contribution in [3.63, 3.8) is 0 Å². The van der Waals surface area contributed by atoms with Gasteiger partial charge in [-0.25, -0.2) is 0 Å². The minimum atomic E-state index is -3.98. The molecule has 8 heteroatoms. The monoisotopic (exact) mass is 378 g/mol. The van der Waals surface area contributed by atoms with Gasteiger partial charge in [0.2, 0.25) is 0 Å². The minimum Gasteiger partial charge on any atom is -0.861 e. The third-order valence-corrected chi connectivity index (χ3v) is 4.96. The van der Waals surface area contributed by atoms with Crippen molar-refractivity contribution in [2.75, 3.05) is 0 Å². The number of rotatable bonds is 4. The van der Waals surface area contributed by atoms with Crippen LogP contribution in [-0.4, -0.2) is 19.5 Å². The van der Waals surface area contributed by atoms with Gasteiger partial charge in [0, 0.05) is 5.56 Å². The molecule has 0 aliphatic rings. The molecular formula is C18H15N2NaO4S. The molecule has 1 aromatic heterocycles. The fraction of sp³-hybridized carbons (Fsp3) is 0.111. The zero-order valence-corrected chi connectivity index (χ0v) is 17.4. The SMILES string of the molecule is CC([O-])=NS(=O)(=O)c1ccc(-c2c(-c3ccccc3)noc2C)cc1.[Na+]. The molecule has 0 spiro atoms. The van der Waals surface area contributed by atoms with Gasteiger partial charge >= 0.3 is 29.6 Å². The van der Waals surface area contributed by atoms with Crippen molar-refractivity contribution >= 4 is 15.9 Å². The third kappa shape index (κ3) is 4.24. The zero-order chi connectivity index (χ0) is 18.0. The molecule has 0 saturated heterocycles. The molecule has 26 heavy (non-hydrogen) atoms. The first-order valence-corrected chi connectivity index (χ1v) is 8.93. The first-order chi connectivity index (χ1) is 11.9. The molecule has 0 atom stereocenters. The van der Waals surface area contributed by atoms with Gasteiger partial charge in [-0.15, -0.1) is 0 Å². The van der Waals surface area contributed by atoms with Gasteiger partial charge in [0.1, 0.15) is 11.5 Å². The Balaban J connectivity index is 0.00000243. The second kappa shape index (κ2) is 8.18. The number of aryl methyl sites for hydroxylation is 1. The molecule has 0 radical (unpaired) electrons. The third-order valence-electron chi connectivity index (χ3n) is 3.60. The average Bonchev–Trinajstić information content (AvgIpc) is 2.96. The van der Waals surface area contributed by atoms with Gasteiger partial charge in [0.15, 0.2) is 0 Å². The fourth-order valence-electron chi connectivity index (χ4n) is 2.52. The first-order valence-electron chi connectivity index (χ1n) is 7.49. The van der Waals surface area contributed by atoms with Crippen LogP contribution in [-0.2, 0) is 10.0 Å². The van der Waals surface area contributed by atoms with E-state index in [0.717, 1.165) is 23.6 Å². The number of sulfonamides is 1. The topological polar surface area (TPSA) is 95.6 Å². The smallest absolute Gasteiger partial charge is 0.861 e. The van der Waals surface area contributed by atoms with Gasteiger partial charge in [0.25, 0.3) is 10.0 Å². The molecule has 2 aromatic carbocycles. The molecule has 0 fully saturated rings. The first kappa shape index (κ1) is 20.4. The van der Waals surface area contributed by atoms with Crippen molar-refractivity contribution in [3.8, 4) is 22.4 Å². The molecule has 128 valence electrons. The second-order valence-electron chi connectivity index (χ2n) is 5.44. The molecule has 0 aliphatic heterocycles. The standard InChI is InChI=1S/C18H16N2O4S.Na/c1-12-17(18(19-24-12)15-6-4-3-5-7-15)14-8-10-16(11-9-14)25(22,23)20-13(2)21;/h3-11H,1-2H3,(H,20,21);/q;+1/p-1. The van der Waals surface area contributed by atoms with Gasteiger partial charge in [-0.3, -0.25) is 0 Å². The van der Waals surface area contributed by atoms with Gasteiger partial charge in [-0.05, 0) is 37.4 Å². The van der Waals surface area contributed by atoms with Crippen LogP contribution in [0.25, 0.3) is 22.4 Å². The van der Waals surface area contributed by atoms with Crippen LogP contribution in [0, 0.1) is 6.92 Å². The Morgan fingerprint density at radius 2 is 1.65 bits per heavy atom. The van der Waals surface area contributed by atoms with E-state index in [2.05, 4.69) is 9.55 Å². The summed E-state index contributed by atoms with van der Waals surface area (Å²) in [4.78, 5) is -0.0400. The average molecular weight is 378 g/mol. The molecule has 0 amide bonds. The second-order valence-corrected chi connectivity index (χ2v) is 7.04. The molecule has 3 aromatic rings. The number of hydrogen-bond donors (Lipinski definition) is 0. The Bertz CT molecular complexity index is 1020. The van der Waals surface area contributed by atoms with E-state index in [4.69, 9.17) is 4.52 Å². The quantitative estimate of drug-likeness (QED) is 0.356. The maximum Gasteiger partial charge on any atom is 1.00 e. The van der Waals surface area contributed by atoms with Crippen molar-refractivity contribution in [1.29, 1.82) is 0 Å². The van der Waals surface area contributed by atoms with Crippen LogP contribution in [0.1, 0.15) is 12.7 Å². The van der Waals surface area contributed by atoms with Crippen molar-refractivity contribution in [3.05, 3.63) is 60.4 Å². The summed E-state index contributed by atoms with van der Waals surface area (Å²) in [7, 11) is -3.98. The van der Waals surface area contributed by atoms with Gasteiger partial charge in [-0.1, -0.05) is 47.6 Å². The summed E-state index contributed by atoms with van der Waals surface area (Å²) >= 11 is 0. The molecule has 0 aliphatic carbocycles. The minimum absolute atomic E-state index is 0. The summed E-state index contributed by atoms with van der Waals surface area (Å²) in [6.45, 7) is 2.89. The van der Waals surface area contributed by atoms with E-state index in [1.54, 1.807) is 19.1 Å². The van der Waals surface area contributed by atoms with Crippen LogP contribution in [0.4, 0.5) is 0 Å². The summed E-state index contributed by atoms with van der Waals surface area (Å²) in [5.41, 5.74) is 3.14.